The molecule has 1 aromatic rings. The van der Waals surface area contributed by atoms with E-state index in [2.05, 4.69) is 15.9 Å². The molecule has 0 saturated carbocycles. The van der Waals surface area contributed by atoms with Gasteiger partial charge in [0.05, 0.1) is 6.10 Å². The van der Waals surface area contributed by atoms with Gasteiger partial charge in [0.15, 0.2) is 0 Å². The van der Waals surface area contributed by atoms with Crippen LogP contribution in [0.15, 0.2) is 16.6 Å². The molecule has 6 heteroatoms. The fourth-order valence-electron chi connectivity index (χ4n) is 1.75. The number of hydrogen-bond donors (Lipinski definition) is 0. The first-order valence-electron chi connectivity index (χ1n) is 5.51. The van der Waals surface area contributed by atoms with E-state index in [9.17, 15) is 13.6 Å². The van der Waals surface area contributed by atoms with Gasteiger partial charge >= 0.3 is 5.97 Å². The number of hydrogen-bond acceptors (Lipinski definition) is 3. The molecule has 0 spiro atoms. The van der Waals surface area contributed by atoms with E-state index in [1.807, 2.05) is 0 Å². The molecule has 0 bridgehead atoms. The van der Waals surface area contributed by atoms with Gasteiger partial charge in [0.2, 0.25) is 0 Å². The van der Waals surface area contributed by atoms with Crippen molar-refractivity contribution in [3.8, 4) is 0 Å². The molecule has 3 nitrogen and oxygen atoms in total. The minimum absolute atomic E-state index is 0.0216. The highest BCUT2D eigenvalue weighted by molar-refractivity contribution is 9.10. The predicted molar refractivity (Wildman–Crippen MR) is 63.3 cm³/mol. The van der Waals surface area contributed by atoms with Crippen LogP contribution in [0.4, 0.5) is 8.78 Å². The van der Waals surface area contributed by atoms with Gasteiger partial charge in [0.25, 0.3) is 0 Å². The fourth-order valence-corrected chi connectivity index (χ4v) is 2.16. The summed E-state index contributed by atoms with van der Waals surface area (Å²) in [6.45, 7) is 0.650. The Labute approximate surface area is 111 Å². The topological polar surface area (TPSA) is 35.5 Å². The third kappa shape index (κ3) is 3.05. The number of carbonyl (C=O) groups excluding carboxylic acids is 1. The lowest BCUT2D eigenvalue weighted by Gasteiger charge is -2.11. The molecule has 1 saturated heterocycles. The summed E-state index contributed by atoms with van der Waals surface area (Å²) >= 11 is 2.94. The highest BCUT2D eigenvalue weighted by Crippen LogP contribution is 2.21. The van der Waals surface area contributed by atoms with Crippen LogP contribution in [0.25, 0.3) is 0 Å². The Bertz CT molecular complexity index is 436. The number of benzene rings is 1. The second-order valence-electron chi connectivity index (χ2n) is 3.98. The van der Waals surface area contributed by atoms with Crippen molar-refractivity contribution in [2.75, 3.05) is 13.2 Å². The quantitative estimate of drug-likeness (QED) is 0.803. The summed E-state index contributed by atoms with van der Waals surface area (Å²) in [4.78, 5) is 11.6. The van der Waals surface area contributed by atoms with Crippen LogP contribution in [-0.4, -0.2) is 25.3 Å². The van der Waals surface area contributed by atoms with Crippen molar-refractivity contribution < 1.29 is 23.0 Å². The van der Waals surface area contributed by atoms with Crippen LogP contribution in [0.2, 0.25) is 0 Å². The van der Waals surface area contributed by atoms with Gasteiger partial charge in [-0.1, -0.05) is 15.9 Å². The van der Waals surface area contributed by atoms with E-state index in [4.69, 9.17) is 9.47 Å². The summed E-state index contributed by atoms with van der Waals surface area (Å²) in [6, 6.07) is 2.04. The van der Waals surface area contributed by atoms with Crippen molar-refractivity contribution in [1.82, 2.24) is 0 Å². The van der Waals surface area contributed by atoms with Gasteiger partial charge in [-0.2, -0.15) is 0 Å². The molecule has 1 aliphatic rings. The Kier molecular flexibility index (Phi) is 4.29. The average molecular weight is 321 g/mol. The van der Waals surface area contributed by atoms with Gasteiger partial charge in [-0.3, -0.25) is 0 Å². The van der Waals surface area contributed by atoms with Gasteiger partial charge < -0.3 is 9.47 Å². The molecule has 1 fully saturated rings. The largest absolute Gasteiger partial charge is 0.459 e. The van der Waals surface area contributed by atoms with Crippen LogP contribution in [0.5, 0.6) is 0 Å². The molecule has 1 aliphatic heterocycles. The number of halogens is 3. The second kappa shape index (κ2) is 5.75. The third-order valence-electron chi connectivity index (χ3n) is 2.64. The van der Waals surface area contributed by atoms with Crippen LogP contribution in [0.3, 0.4) is 0 Å². The number of rotatable bonds is 3. The van der Waals surface area contributed by atoms with Crippen molar-refractivity contribution >= 4 is 21.9 Å². The van der Waals surface area contributed by atoms with Crippen molar-refractivity contribution in [1.29, 1.82) is 0 Å². The van der Waals surface area contributed by atoms with Crippen LogP contribution in [0.1, 0.15) is 23.2 Å². The van der Waals surface area contributed by atoms with Crippen LogP contribution in [0, 0.1) is 11.6 Å². The standard InChI is InChI=1S/C12H11BrF2O3/c13-7-4-9(14)11(10(15)5-7)12(16)18-6-8-2-1-3-17-8/h4-5,8H,1-3,6H2/t8-/m1/s1. The van der Waals surface area contributed by atoms with Gasteiger partial charge in [0, 0.05) is 11.1 Å². The van der Waals surface area contributed by atoms with Crippen molar-refractivity contribution in [2.45, 2.75) is 18.9 Å². The summed E-state index contributed by atoms with van der Waals surface area (Å²) in [5, 5.41) is 0. The van der Waals surface area contributed by atoms with E-state index in [1.165, 1.54) is 0 Å². The smallest absolute Gasteiger partial charge is 0.344 e. The molecule has 1 atom stereocenters. The summed E-state index contributed by atoms with van der Waals surface area (Å²) in [5.74, 6) is -2.90. The van der Waals surface area contributed by atoms with Crippen LogP contribution < -0.4 is 0 Å². The summed E-state index contributed by atoms with van der Waals surface area (Å²) in [5.41, 5.74) is -0.670. The Balaban J connectivity index is 2.04. The molecule has 0 radical (unpaired) electrons. The van der Waals surface area contributed by atoms with E-state index >= 15 is 0 Å². The maximum Gasteiger partial charge on any atom is 0.344 e. The molecule has 18 heavy (non-hydrogen) atoms. The number of esters is 1. The SMILES string of the molecule is O=C(OC[C@H]1CCCO1)c1c(F)cc(Br)cc1F. The fraction of sp³-hybridized carbons (Fsp3) is 0.417. The zero-order valence-electron chi connectivity index (χ0n) is 9.42. The molecule has 1 heterocycles. The first-order chi connectivity index (χ1) is 8.58. The van der Waals surface area contributed by atoms with E-state index in [1.54, 1.807) is 0 Å². The maximum atomic E-state index is 13.5. The minimum Gasteiger partial charge on any atom is -0.459 e. The number of ether oxygens (including phenoxy) is 2. The van der Waals surface area contributed by atoms with Crippen molar-refractivity contribution in [3.63, 3.8) is 0 Å². The van der Waals surface area contributed by atoms with Gasteiger partial charge in [0.1, 0.15) is 23.8 Å². The normalized spacial score (nSPS) is 18.9. The molecule has 0 unspecified atom stereocenters. The Morgan fingerprint density at radius 1 is 1.44 bits per heavy atom. The van der Waals surface area contributed by atoms with Crippen molar-refractivity contribution in [2.24, 2.45) is 0 Å². The molecular formula is C12H11BrF2O3. The molecule has 0 N–H and O–H groups in total. The monoisotopic (exact) mass is 320 g/mol. The molecule has 98 valence electrons. The van der Waals surface area contributed by atoms with E-state index in [0.717, 1.165) is 25.0 Å². The van der Waals surface area contributed by atoms with E-state index in [-0.39, 0.29) is 17.2 Å². The molecule has 0 aromatic heterocycles. The first kappa shape index (κ1) is 13.4. The lowest BCUT2D eigenvalue weighted by atomic mass is 10.2. The predicted octanol–water partition coefficient (Wildman–Crippen LogP) is 3.06. The Morgan fingerprint density at radius 2 is 2.11 bits per heavy atom. The van der Waals surface area contributed by atoms with E-state index < -0.39 is 23.2 Å². The highest BCUT2D eigenvalue weighted by Gasteiger charge is 2.22. The minimum atomic E-state index is -1.01. The maximum absolute atomic E-state index is 13.5. The van der Waals surface area contributed by atoms with Gasteiger partial charge in [-0.15, -0.1) is 0 Å². The highest BCUT2D eigenvalue weighted by atomic mass is 79.9. The van der Waals surface area contributed by atoms with E-state index in [0.29, 0.717) is 6.61 Å². The Hall–Kier alpha value is -1.01. The zero-order chi connectivity index (χ0) is 13.1. The molecule has 0 aliphatic carbocycles. The molecule has 2 rings (SSSR count). The number of carbonyl (C=O) groups is 1. The molecule has 0 amide bonds. The summed E-state index contributed by atoms with van der Waals surface area (Å²) in [7, 11) is 0. The Morgan fingerprint density at radius 3 is 2.67 bits per heavy atom. The van der Waals surface area contributed by atoms with Gasteiger partial charge in [-0.25, -0.2) is 13.6 Å². The second-order valence-corrected chi connectivity index (χ2v) is 4.89. The molecule has 1 aromatic carbocycles. The third-order valence-corrected chi connectivity index (χ3v) is 3.09. The van der Waals surface area contributed by atoms with Crippen LogP contribution in [-0.2, 0) is 9.47 Å². The average Bonchev–Trinajstić information content (AvgIpc) is 2.77. The van der Waals surface area contributed by atoms with Crippen LogP contribution >= 0.6 is 15.9 Å². The summed E-state index contributed by atoms with van der Waals surface area (Å²) in [6.07, 6.45) is 1.53. The van der Waals surface area contributed by atoms with Crippen molar-refractivity contribution in [3.05, 3.63) is 33.8 Å². The van der Waals surface area contributed by atoms with Gasteiger partial charge in [-0.05, 0) is 25.0 Å². The first-order valence-corrected chi connectivity index (χ1v) is 6.30. The summed E-state index contributed by atoms with van der Waals surface area (Å²) < 4.78 is 37.3. The molecular weight excluding hydrogens is 310 g/mol. The zero-order valence-corrected chi connectivity index (χ0v) is 11.0. The lowest BCUT2D eigenvalue weighted by molar-refractivity contribution is 0.0153. The lowest BCUT2D eigenvalue weighted by Crippen LogP contribution is -2.19.